The maximum Gasteiger partial charge on any atom is 0.0496 e. The molecule has 0 aliphatic rings. The molecule has 1 heterocycles. The van der Waals surface area contributed by atoms with Crippen molar-refractivity contribution >= 4 is 21.8 Å². The maximum absolute atomic E-state index is 2.59. The van der Waals surface area contributed by atoms with Crippen LogP contribution in [0, 0.1) is 13.8 Å². The van der Waals surface area contributed by atoms with Crippen LogP contribution in [0.4, 0.5) is 0 Å². The molecule has 0 aliphatic heterocycles. The number of nitrogens with zero attached hydrogens (tertiary/aromatic N) is 1. The highest BCUT2D eigenvalue weighted by Crippen LogP contribution is 2.34. The first-order chi connectivity index (χ1) is 11.6. The predicted octanol–water partition coefficient (Wildman–Crippen LogP) is 7.33. The minimum absolute atomic E-state index is 0.551. The van der Waals surface area contributed by atoms with Crippen molar-refractivity contribution in [3.05, 3.63) is 47.5 Å². The molecule has 1 atom stereocenters. The molecule has 1 aromatic heterocycles. The molecule has 0 aliphatic carbocycles. The largest absolute Gasteiger partial charge is 0.338 e. The van der Waals surface area contributed by atoms with E-state index in [-0.39, 0.29) is 0 Å². The third-order valence-electron chi connectivity index (χ3n) is 5.28. The van der Waals surface area contributed by atoms with Crippen molar-refractivity contribution < 1.29 is 0 Å². The average molecular weight is 322 g/mol. The van der Waals surface area contributed by atoms with Crippen LogP contribution in [0.1, 0.15) is 69.5 Å². The first-order valence-electron chi connectivity index (χ1n) is 9.62. The first kappa shape index (κ1) is 17.1. The van der Waals surface area contributed by atoms with Crippen LogP contribution in [-0.2, 0) is 0 Å². The van der Waals surface area contributed by atoms with Gasteiger partial charge >= 0.3 is 0 Å². The Balaban J connectivity index is 1.97. The maximum atomic E-state index is 2.59. The molecule has 2 aromatic carbocycles. The van der Waals surface area contributed by atoms with Crippen molar-refractivity contribution in [2.45, 2.75) is 72.3 Å². The molecular weight excluding hydrogens is 290 g/mol. The summed E-state index contributed by atoms with van der Waals surface area (Å²) in [6.07, 6.45) is 8.05. The van der Waals surface area contributed by atoms with Crippen LogP contribution in [0.5, 0.6) is 0 Å². The summed E-state index contributed by atoms with van der Waals surface area (Å²) in [7, 11) is 0. The van der Waals surface area contributed by atoms with Crippen molar-refractivity contribution in [3.63, 3.8) is 0 Å². The Morgan fingerprint density at radius 3 is 1.88 bits per heavy atom. The number of hydrogen-bond acceptors (Lipinski definition) is 0. The molecule has 3 rings (SSSR count). The second-order valence-electron chi connectivity index (χ2n) is 7.46. The fourth-order valence-electron chi connectivity index (χ4n) is 3.91. The molecule has 1 heteroatoms. The Hall–Kier alpha value is -1.76. The van der Waals surface area contributed by atoms with Crippen LogP contribution < -0.4 is 0 Å². The molecule has 0 N–H and O–H groups in total. The summed E-state index contributed by atoms with van der Waals surface area (Å²) >= 11 is 0. The highest BCUT2D eigenvalue weighted by Gasteiger charge is 2.15. The minimum atomic E-state index is 0.551. The predicted molar refractivity (Wildman–Crippen MR) is 107 cm³/mol. The van der Waals surface area contributed by atoms with Gasteiger partial charge in [-0.2, -0.15) is 0 Å². The lowest BCUT2D eigenvalue weighted by molar-refractivity contribution is 0.489. The Morgan fingerprint density at radius 1 is 0.792 bits per heavy atom. The van der Waals surface area contributed by atoms with Gasteiger partial charge in [-0.05, 0) is 50.5 Å². The monoisotopic (exact) mass is 321 g/mol. The molecule has 1 nitrogen and oxygen atoms in total. The van der Waals surface area contributed by atoms with Crippen LogP contribution >= 0.6 is 0 Å². The van der Waals surface area contributed by atoms with E-state index >= 15 is 0 Å². The summed E-state index contributed by atoms with van der Waals surface area (Å²) < 4.78 is 2.59. The van der Waals surface area contributed by atoms with Gasteiger partial charge in [0, 0.05) is 27.8 Å². The van der Waals surface area contributed by atoms with E-state index in [1.165, 1.54) is 71.5 Å². The molecule has 0 saturated carbocycles. The zero-order valence-corrected chi connectivity index (χ0v) is 15.7. The van der Waals surface area contributed by atoms with E-state index < -0.39 is 0 Å². The normalized spacial score (nSPS) is 13.0. The molecular formula is C23H31N. The van der Waals surface area contributed by atoms with Gasteiger partial charge in [-0.1, -0.05) is 63.3 Å². The Morgan fingerprint density at radius 2 is 1.33 bits per heavy atom. The molecule has 0 radical (unpaired) electrons. The summed E-state index contributed by atoms with van der Waals surface area (Å²) in [5.41, 5.74) is 5.49. The number of benzene rings is 2. The average Bonchev–Trinajstić information content (AvgIpc) is 2.86. The summed E-state index contributed by atoms with van der Waals surface area (Å²) in [5, 5.41) is 2.79. The van der Waals surface area contributed by atoms with Crippen molar-refractivity contribution in [1.29, 1.82) is 0 Å². The van der Waals surface area contributed by atoms with Crippen LogP contribution in [0.15, 0.2) is 36.4 Å². The zero-order valence-electron chi connectivity index (χ0n) is 15.7. The summed E-state index contributed by atoms with van der Waals surface area (Å²) in [6, 6.07) is 14.3. The topological polar surface area (TPSA) is 4.93 Å². The molecule has 0 bridgehead atoms. The second-order valence-corrected chi connectivity index (χ2v) is 7.46. The van der Waals surface area contributed by atoms with E-state index in [4.69, 9.17) is 0 Å². The van der Waals surface area contributed by atoms with Gasteiger partial charge in [0.2, 0.25) is 0 Å². The minimum Gasteiger partial charge on any atom is -0.338 e. The van der Waals surface area contributed by atoms with Gasteiger partial charge in [-0.3, -0.25) is 0 Å². The molecule has 0 spiro atoms. The van der Waals surface area contributed by atoms with Gasteiger partial charge in [0.05, 0.1) is 0 Å². The molecule has 0 fully saturated rings. The first-order valence-corrected chi connectivity index (χ1v) is 9.62. The fraction of sp³-hybridized carbons (Fsp3) is 0.478. The Labute approximate surface area is 146 Å². The zero-order chi connectivity index (χ0) is 17.1. The summed E-state index contributed by atoms with van der Waals surface area (Å²) in [6.45, 7) is 9.07. The van der Waals surface area contributed by atoms with E-state index in [2.05, 4.69) is 68.7 Å². The van der Waals surface area contributed by atoms with E-state index in [1.807, 2.05) is 0 Å². The van der Waals surface area contributed by atoms with Crippen molar-refractivity contribution in [3.8, 4) is 0 Å². The van der Waals surface area contributed by atoms with Crippen LogP contribution in [0.25, 0.3) is 21.8 Å². The highest BCUT2D eigenvalue weighted by atomic mass is 15.0. The lowest BCUT2D eigenvalue weighted by Gasteiger charge is -2.17. The number of rotatable bonds is 7. The Kier molecular flexibility index (Phi) is 5.28. The van der Waals surface area contributed by atoms with E-state index in [0.717, 1.165) is 0 Å². The lowest BCUT2D eigenvalue weighted by atomic mass is 10.1. The van der Waals surface area contributed by atoms with Crippen LogP contribution in [-0.4, -0.2) is 4.57 Å². The Bertz CT molecular complexity index is 766. The molecule has 1 unspecified atom stereocenters. The highest BCUT2D eigenvalue weighted by molar-refractivity contribution is 6.08. The van der Waals surface area contributed by atoms with Crippen LogP contribution in [0.3, 0.4) is 0 Å². The fourth-order valence-corrected chi connectivity index (χ4v) is 3.91. The van der Waals surface area contributed by atoms with Gasteiger partial charge in [-0.15, -0.1) is 0 Å². The second kappa shape index (κ2) is 7.42. The quantitative estimate of drug-likeness (QED) is 0.401. The van der Waals surface area contributed by atoms with E-state index in [0.29, 0.717) is 6.04 Å². The molecule has 3 aromatic rings. The number of aryl methyl sites for hydroxylation is 2. The molecule has 0 amide bonds. The van der Waals surface area contributed by atoms with Gasteiger partial charge in [0.1, 0.15) is 0 Å². The number of aromatic nitrogens is 1. The summed E-state index contributed by atoms with van der Waals surface area (Å²) in [5.74, 6) is 0. The number of unbranched alkanes of at least 4 members (excludes halogenated alkanes) is 4. The standard InChI is InChI=1S/C23H31N/c1-5-6-7-8-9-10-19(4)24-22-15-17(2)11-13-20(22)21-14-12-18(3)16-23(21)24/h11-16,19H,5-10H2,1-4H3. The molecule has 24 heavy (non-hydrogen) atoms. The van der Waals surface area contributed by atoms with E-state index in [9.17, 15) is 0 Å². The van der Waals surface area contributed by atoms with Gasteiger partial charge in [-0.25, -0.2) is 0 Å². The molecule has 128 valence electrons. The SMILES string of the molecule is CCCCCCCC(C)n1c2cc(C)ccc2c2ccc(C)cc21. The van der Waals surface area contributed by atoms with Gasteiger partial charge < -0.3 is 4.57 Å². The van der Waals surface area contributed by atoms with Crippen molar-refractivity contribution in [1.82, 2.24) is 4.57 Å². The van der Waals surface area contributed by atoms with Crippen molar-refractivity contribution in [2.24, 2.45) is 0 Å². The lowest BCUT2D eigenvalue weighted by Crippen LogP contribution is -2.05. The van der Waals surface area contributed by atoms with Crippen molar-refractivity contribution in [2.75, 3.05) is 0 Å². The summed E-state index contributed by atoms with van der Waals surface area (Å²) in [4.78, 5) is 0. The van der Waals surface area contributed by atoms with Gasteiger partial charge in [0.25, 0.3) is 0 Å². The number of fused-ring (bicyclic) bond motifs is 3. The van der Waals surface area contributed by atoms with Crippen LogP contribution in [0.2, 0.25) is 0 Å². The smallest absolute Gasteiger partial charge is 0.0496 e. The van der Waals surface area contributed by atoms with Gasteiger partial charge in [0.15, 0.2) is 0 Å². The number of hydrogen-bond donors (Lipinski definition) is 0. The molecule has 0 saturated heterocycles. The third-order valence-corrected chi connectivity index (χ3v) is 5.28. The third kappa shape index (κ3) is 3.36. The van der Waals surface area contributed by atoms with E-state index in [1.54, 1.807) is 0 Å².